The maximum absolute atomic E-state index is 12.5. The van der Waals surface area contributed by atoms with Crippen molar-refractivity contribution in [2.45, 2.75) is 4.90 Å². The van der Waals surface area contributed by atoms with Crippen molar-refractivity contribution in [1.82, 2.24) is 0 Å². The summed E-state index contributed by atoms with van der Waals surface area (Å²) in [6, 6.07) is 9.67. The van der Waals surface area contributed by atoms with Crippen LogP contribution in [0.15, 0.2) is 47.4 Å². The smallest absolute Gasteiger partial charge is 0.265 e. The highest BCUT2D eigenvalue weighted by Crippen LogP contribution is 2.27. The normalized spacial score (nSPS) is 10.9. The second-order valence-electron chi connectivity index (χ2n) is 4.49. The predicted molar refractivity (Wildman–Crippen MR) is 81.1 cm³/mol. The lowest BCUT2D eigenvalue weighted by Gasteiger charge is -2.13. The Labute approximate surface area is 133 Å². The Morgan fingerprint density at radius 3 is 2.22 bits per heavy atom. The number of ether oxygens (including phenoxy) is 2. The predicted octanol–water partition coefficient (Wildman–Crippen LogP) is 0.868. The molecule has 0 atom stereocenters. The summed E-state index contributed by atoms with van der Waals surface area (Å²) in [7, 11) is -1.25. The number of carboxylic acid groups (broad SMARTS) is 1. The lowest BCUT2D eigenvalue weighted by molar-refractivity contribution is -0.255. The van der Waals surface area contributed by atoms with E-state index in [1.807, 2.05) is 0 Å². The molecule has 7 nitrogen and oxygen atoms in total. The van der Waals surface area contributed by atoms with Gasteiger partial charge in [-0.1, -0.05) is 0 Å². The number of aromatic carboxylic acids is 1. The molecule has 0 saturated carbocycles. The Kier molecular flexibility index (Phi) is 4.75. The fourth-order valence-electron chi connectivity index (χ4n) is 1.88. The third kappa shape index (κ3) is 3.72. The summed E-state index contributed by atoms with van der Waals surface area (Å²) in [5.74, 6) is -0.881. The first kappa shape index (κ1) is 16.6. The van der Waals surface area contributed by atoms with E-state index < -0.39 is 16.0 Å². The van der Waals surface area contributed by atoms with Gasteiger partial charge >= 0.3 is 0 Å². The maximum Gasteiger partial charge on any atom is 0.265 e. The van der Waals surface area contributed by atoms with Gasteiger partial charge in [-0.25, -0.2) is 8.42 Å². The summed E-state index contributed by atoms with van der Waals surface area (Å²) >= 11 is 0. The van der Waals surface area contributed by atoms with Crippen LogP contribution in [0.4, 0.5) is 5.69 Å². The average molecular weight is 336 g/mol. The number of anilines is 1. The highest BCUT2D eigenvalue weighted by molar-refractivity contribution is 7.92. The van der Waals surface area contributed by atoms with E-state index in [1.54, 1.807) is 12.1 Å². The lowest BCUT2D eigenvalue weighted by atomic mass is 10.2. The molecule has 0 bridgehead atoms. The molecule has 23 heavy (non-hydrogen) atoms. The molecule has 2 aromatic carbocycles. The number of nitrogens with one attached hydrogen (secondary N) is 1. The van der Waals surface area contributed by atoms with Crippen LogP contribution < -0.4 is 19.3 Å². The van der Waals surface area contributed by atoms with E-state index in [1.165, 1.54) is 38.5 Å². The molecule has 0 amide bonds. The van der Waals surface area contributed by atoms with E-state index in [-0.39, 0.29) is 16.2 Å². The van der Waals surface area contributed by atoms with Gasteiger partial charge in [-0.3, -0.25) is 4.72 Å². The molecule has 2 rings (SSSR count). The van der Waals surface area contributed by atoms with Gasteiger partial charge in [0.15, 0.2) is 0 Å². The van der Waals surface area contributed by atoms with Crippen LogP contribution in [0, 0.1) is 0 Å². The third-order valence-corrected chi connectivity index (χ3v) is 4.43. The molecule has 1 N–H and O–H groups in total. The van der Waals surface area contributed by atoms with Crippen molar-refractivity contribution in [3.05, 3.63) is 48.0 Å². The molecule has 0 spiro atoms. The SMILES string of the molecule is COc1ccc(NS(=O)(=O)c2cc(C(=O)[O-])ccc2OC)cc1. The Bertz CT molecular complexity index is 814. The van der Waals surface area contributed by atoms with Crippen LogP contribution in [0.25, 0.3) is 0 Å². The van der Waals surface area contributed by atoms with E-state index in [9.17, 15) is 18.3 Å². The van der Waals surface area contributed by atoms with Crippen LogP contribution in [-0.2, 0) is 10.0 Å². The zero-order valence-corrected chi connectivity index (χ0v) is 13.2. The molecule has 0 unspecified atom stereocenters. The van der Waals surface area contributed by atoms with Crippen molar-refractivity contribution in [2.75, 3.05) is 18.9 Å². The van der Waals surface area contributed by atoms with Crippen LogP contribution in [0.3, 0.4) is 0 Å². The van der Waals surface area contributed by atoms with Crippen LogP contribution in [0.5, 0.6) is 11.5 Å². The van der Waals surface area contributed by atoms with Crippen molar-refractivity contribution in [1.29, 1.82) is 0 Å². The monoisotopic (exact) mass is 336 g/mol. The highest BCUT2D eigenvalue weighted by atomic mass is 32.2. The quantitative estimate of drug-likeness (QED) is 0.839. The van der Waals surface area contributed by atoms with E-state index in [4.69, 9.17) is 9.47 Å². The summed E-state index contributed by atoms with van der Waals surface area (Å²) in [5.41, 5.74) is 0.0348. The van der Waals surface area contributed by atoms with E-state index in [0.717, 1.165) is 6.07 Å². The highest BCUT2D eigenvalue weighted by Gasteiger charge is 2.20. The number of carbonyl (C=O) groups excluding carboxylic acids is 1. The minimum absolute atomic E-state index is 0.0241. The summed E-state index contributed by atoms with van der Waals surface area (Å²) in [4.78, 5) is 10.6. The number of hydrogen-bond donors (Lipinski definition) is 1. The zero-order valence-electron chi connectivity index (χ0n) is 12.4. The van der Waals surface area contributed by atoms with Gasteiger partial charge in [0.05, 0.1) is 20.2 Å². The Hall–Kier alpha value is -2.74. The van der Waals surface area contributed by atoms with E-state index in [0.29, 0.717) is 11.4 Å². The standard InChI is InChI=1S/C15H15NO6S/c1-21-12-6-4-11(5-7-12)16-23(19,20)14-9-10(15(17)18)3-8-13(14)22-2/h3-9,16H,1-2H3,(H,17,18)/p-1. The second-order valence-corrected chi connectivity index (χ2v) is 6.14. The molecular formula is C15H14NO6S-. The molecule has 0 fully saturated rings. The first-order chi connectivity index (χ1) is 10.9. The molecule has 0 aliphatic heterocycles. The minimum Gasteiger partial charge on any atom is -0.545 e. The fraction of sp³-hybridized carbons (Fsp3) is 0.133. The molecule has 0 aromatic heterocycles. The first-order valence-electron chi connectivity index (χ1n) is 6.43. The maximum atomic E-state index is 12.5. The number of benzene rings is 2. The number of sulfonamides is 1. The molecular weight excluding hydrogens is 322 g/mol. The number of hydrogen-bond acceptors (Lipinski definition) is 6. The Balaban J connectivity index is 2.41. The molecule has 0 aliphatic carbocycles. The molecule has 0 heterocycles. The lowest BCUT2D eigenvalue weighted by Crippen LogP contribution is -2.23. The summed E-state index contributed by atoms with van der Waals surface area (Å²) in [6.07, 6.45) is 0. The number of rotatable bonds is 6. The van der Waals surface area contributed by atoms with Gasteiger partial charge in [-0.2, -0.15) is 0 Å². The van der Waals surface area contributed by atoms with Crippen LogP contribution >= 0.6 is 0 Å². The van der Waals surface area contributed by atoms with Crippen molar-refractivity contribution in [2.24, 2.45) is 0 Å². The van der Waals surface area contributed by atoms with Gasteiger partial charge in [0.2, 0.25) is 0 Å². The van der Waals surface area contributed by atoms with Crippen molar-refractivity contribution >= 4 is 21.7 Å². The second kappa shape index (κ2) is 6.57. The summed E-state index contributed by atoms with van der Waals surface area (Å²) in [5, 5.41) is 10.9. The third-order valence-electron chi connectivity index (χ3n) is 3.03. The molecule has 0 radical (unpaired) electrons. The fourth-order valence-corrected chi connectivity index (χ4v) is 3.14. The van der Waals surface area contributed by atoms with E-state index >= 15 is 0 Å². The summed E-state index contributed by atoms with van der Waals surface area (Å²) in [6.45, 7) is 0. The molecule has 8 heteroatoms. The first-order valence-corrected chi connectivity index (χ1v) is 7.92. The van der Waals surface area contributed by atoms with Crippen molar-refractivity contribution < 1.29 is 27.8 Å². The van der Waals surface area contributed by atoms with Crippen LogP contribution in [-0.4, -0.2) is 28.6 Å². The molecule has 0 saturated heterocycles. The van der Waals surface area contributed by atoms with Crippen molar-refractivity contribution in [3.8, 4) is 11.5 Å². The molecule has 0 aliphatic rings. The van der Waals surface area contributed by atoms with Crippen LogP contribution in [0.2, 0.25) is 0 Å². The number of carboxylic acids is 1. The molecule has 122 valence electrons. The summed E-state index contributed by atoms with van der Waals surface area (Å²) < 4.78 is 37.3. The van der Waals surface area contributed by atoms with Gasteiger partial charge in [-0.05, 0) is 48.0 Å². The zero-order chi connectivity index (χ0) is 17.0. The number of carbonyl (C=O) groups is 1. The van der Waals surface area contributed by atoms with Gasteiger partial charge in [-0.15, -0.1) is 0 Å². The minimum atomic E-state index is -4.04. The number of methoxy groups -OCH3 is 2. The van der Waals surface area contributed by atoms with Gasteiger partial charge < -0.3 is 19.4 Å². The van der Waals surface area contributed by atoms with Crippen LogP contribution in [0.1, 0.15) is 10.4 Å². The average Bonchev–Trinajstić information content (AvgIpc) is 2.54. The van der Waals surface area contributed by atoms with Gasteiger partial charge in [0, 0.05) is 5.69 Å². The topological polar surface area (TPSA) is 105 Å². The van der Waals surface area contributed by atoms with Crippen molar-refractivity contribution in [3.63, 3.8) is 0 Å². The Morgan fingerprint density at radius 1 is 1.04 bits per heavy atom. The molecule has 2 aromatic rings. The van der Waals surface area contributed by atoms with E-state index in [2.05, 4.69) is 4.72 Å². The van der Waals surface area contributed by atoms with Gasteiger partial charge in [0.25, 0.3) is 10.0 Å². The van der Waals surface area contributed by atoms with Gasteiger partial charge in [0.1, 0.15) is 16.4 Å². The largest absolute Gasteiger partial charge is 0.545 e. The Morgan fingerprint density at radius 2 is 1.70 bits per heavy atom.